The van der Waals surface area contributed by atoms with E-state index in [9.17, 15) is 13.9 Å². The van der Waals surface area contributed by atoms with Gasteiger partial charge in [-0.25, -0.2) is 13.8 Å². The van der Waals surface area contributed by atoms with E-state index in [0.717, 1.165) is 31.3 Å². The van der Waals surface area contributed by atoms with Crippen LogP contribution in [0.3, 0.4) is 0 Å². The SMILES string of the molecule is CN(C)c1ccnc(N2CCC[C@](CO)(Cc3ccc(F)cc3F)C2)n1. The van der Waals surface area contributed by atoms with E-state index in [4.69, 9.17) is 0 Å². The number of anilines is 2. The molecule has 1 aromatic carbocycles. The van der Waals surface area contributed by atoms with Crippen molar-refractivity contribution in [3.05, 3.63) is 47.7 Å². The van der Waals surface area contributed by atoms with Crippen LogP contribution in [0.1, 0.15) is 18.4 Å². The predicted octanol–water partition coefficient (Wildman–Crippen LogP) is 2.64. The third kappa shape index (κ3) is 3.93. The highest BCUT2D eigenvalue weighted by Crippen LogP contribution is 2.35. The molecular weight excluding hydrogens is 338 g/mol. The van der Waals surface area contributed by atoms with Gasteiger partial charge in [-0.05, 0) is 37.0 Å². The average Bonchev–Trinajstić information content (AvgIpc) is 2.64. The zero-order valence-corrected chi connectivity index (χ0v) is 15.1. The Morgan fingerprint density at radius 3 is 2.77 bits per heavy atom. The maximum absolute atomic E-state index is 14.1. The van der Waals surface area contributed by atoms with E-state index < -0.39 is 17.0 Å². The molecule has 1 aliphatic rings. The number of aliphatic hydroxyl groups is 1. The van der Waals surface area contributed by atoms with Gasteiger partial charge in [0, 0.05) is 44.9 Å². The van der Waals surface area contributed by atoms with Gasteiger partial charge in [0.1, 0.15) is 17.5 Å². The summed E-state index contributed by atoms with van der Waals surface area (Å²) in [5.74, 6) is 0.248. The van der Waals surface area contributed by atoms with Crippen LogP contribution in [0.5, 0.6) is 0 Å². The first-order chi connectivity index (χ1) is 12.4. The van der Waals surface area contributed by atoms with Crippen LogP contribution in [-0.2, 0) is 6.42 Å². The van der Waals surface area contributed by atoms with E-state index in [0.29, 0.717) is 24.5 Å². The largest absolute Gasteiger partial charge is 0.396 e. The highest BCUT2D eigenvalue weighted by atomic mass is 19.1. The summed E-state index contributed by atoms with van der Waals surface area (Å²) in [6.45, 7) is 1.23. The normalized spacial score (nSPS) is 20.3. The lowest BCUT2D eigenvalue weighted by atomic mass is 9.75. The summed E-state index contributed by atoms with van der Waals surface area (Å²) in [5.41, 5.74) is -0.0840. The second-order valence-corrected chi connectivity index (χ2v) is 7.20. The summed E-state index contributed by atoms with van der Waals surface area (Å²) in [4.78, 5) is 12.9. The number of piperidine rings is 1. The first kappa shape index (κ1) is 18.5. The molecule has 1 aliphatic heterocycles. The molecule has 0 amide bonds. The summed E-state index contributed by atoms with van der Waals surface area (Å²) >= 11 is 0. The highest BCUT2D eigenvalue weighted by molar-refractivity contribution is 5.43. The van der Waals surface area contributed by atoms with E-state index in [1.807, 2.05) is 30.0 Å². The first-order valence-corrected chi connectivity index (χ1v) is 8.73. The lowest BCUT2D eigenvalue weighted by Crippen LogP contribution is -2.47. The Hall–Kier alpha value is -2.28. The fourth-order valence-electron chi connectivity index (χ4n) is 3.52. The average molecular weight is 362 g/mol. The standard InChI is InChI=1S/C19H24F2N4O/c1-24(2)17-6-8-22-18(23-17)25-9-3-7-19(12-25,13-26)11-14-4-5-15(20)10-16(14)21/h4-6,8,10,26H,3,7,9,11-13H2,1-2H3/t19-/m0/s1. The molecule has 0 spiro atoms. The number of rotatable bonds is 5. The fraction of sp³-hybridized carbons (Fsp3) is 0.474. The lowest BCUT2D eigenvalue weighted by Gasteiger charge is -2.42. The van der Waals surface area contributed by atoms with Crippen molar-refractivity contribution in [2.24, 2.45) is 5.41 Å². The van der Waals surface area contributed by atoms with Crippen molar-refractivity contribution in [3.8, 4) is 0 Å². The molecule has 0 saturated carbocycles. The van der Waals surface area contributed by atoms with Crippen molar-refractivity contribution in [2.75, 3.05) is 43.6 Å². The van der Waals surface area contributed by atoms with Gasteiger partial charge in [-0.3, -0.25) is 0 Å². The minimum atomic E-state index is -0.594. The summed E-state index contributed by atoms with van der Waals surface area (Å²) in [6.07, 6.45) is 3.68. The Bertz CT molecular complexity index is 771. The van der Waals surface area contributed by atoms with Crippen molar-refractivity contribution in [2.45, 2.75) is 19.3 Å². The van der Waals surface area contributed by atoms with Crippen LogP contribution in [0.4, 0.5) is 20.5 Å². The van der Waals surface area contributed by atoms with E-state index in [1.54, 1.807) is 6.20 Å². The van der Waals surface area contributed by atoms with Crippen molar-refractivity contribution < 1.29 is 13.9 Å². The molecule has 1 N–H and O–H groups in total. The number of benzene rings is 1. The minimum Gasteiger partial charge on any atom is -0.396 e. The van der Waals surface area contributed by atoms with Gasteiger partial charge < -0.3 is 14.9 Å². The van der Waals surface area contributed by atoms with Gasteiger partial charge in [0.15, 0.2) is 0 Å². The molecule has 0 aliphatic carbocycles. The fourth-order valence-corrected chi connectivity index (χ4v) is 3.52. The molecular formula is C19H24F2N4O. The van der Waals surface area contributed by atoms with Crippen LogP contribution in [0.25, 0.3) is 0 Å². The quantitative estimate of drug-likeness (QED) is 0.886. The molecule has 7 heteroatoms. The van der Waals surface area contributed by atoms with Crippen LogP contribution < -0.4 is 9.80 Å². The molecule has 5 nitrogen and oxygen atoms in total. The van der Waals surface area contributed by atoms with Crippen LogP contribution in [0.2, 0.25) is 0 Å². The molecule has 2 aromatic rings. The number of nitrogens with zero attached hydrogens (tertiary/aromatic N) is 4. The van der Waals surface area contributed by atoms with Crippen LogP contribution in [0.15, 0.2) is 30.5 Å². The third-order valence-corrected chi connectivity index (χ3v) is 4.95. The number of aromatic nitrogens is 2. The minimum absolute atomic E-state index is 0.0757. The Labute approximate surface area is 152 Å². The van der Waals surface area contributed by atoms with Gasteiger partial charge in [-0.15, -0.1) is 0 Å². The zero-order chi connectivity index (χ0) is 18.7. The van der Waals surface area contributed by atoms with Crippen LogP contribution >= 0.6 is 0 Å². The Kier molecular flexibility index (Phi) is 5.36. The van der Waals surface area contributed by atoms with Crippen molar-refractivity contribution >= 4 is 11.8 Å². The molecule has 1 aromatic heterocycles. The summed E-state index contributed by atoms with van der Waals surface area (Å²) in [5, 5.41) is 10.1. The summed E-state index contributed by atoms with van der Waals surface area (Å²) in [6, 6.07) is 5.45. The second kappa shape index (κ2) is 7.53. The first-order valence-electron chi connectivity index (χ1n) is 8.73. The Morgan fingerprint density at radius 1 is 1.27 bits per heavy atom. The number of hydrogen-bond acceptors (Lipinski definition) is 5. The number of hydrogen-bond donors (Lipinski definition) is 1. The van der Waals surface area contributed by atoms with Crippen LogP contribution in [-0.4, -0.2) is 48.9 Å². The molecule has 1 fully saturated rings. The smallest absolute Gasteiger partial charge is 0.227 e. The van der Waals surface area contributed by atoms with E-state index in [1.165, 1.54) is 12.1 Å². The van der Waals surface area contributed by atoms with Crippen molar-refractivity contribution in [3.63, 3.8) is 0 Å². The van der Waals surface area contributed by atoms with Gasteiger partial charge in [0.25, 0.3) is 0 Å². The van der Waals surface area contributed by atoms with Crippen LogP contribution in [0, 0.1) is 17.0 Å². The summed E-state index contributed by atoms with van der Waals surface area (Å²) < 4.78 is 27.3. The third-order valence-electron chi connectivity index (χ3n) is 4.95. The number of aliphatic hydroxyl groups excluding tert-OH is 1. The molecule has 1 atom stereocenters. The number of halogens is 2. The highest BCUT2D eigenvalue weighted by Gasteiger charge is 2.37. The lowest BCUT2D eigenvalue weighted by molar-refractivity contribution is 0.104. The van der Waals surface area contributed by atoms with E-state index in [2.05, 4.69) is 9.97 Å². The molecule has 1 saturated heterocycles. The molecule has 140 valence electrons. The predicted molar refractivity (Wildman–Crippen MR) is 97.4 cm³/mol. The Morgan fingerprint density at radius 2 is 2.08 bits per heavy atom. The Balaban J connectivity index is 1.83. The van der Waals surface area contributed by atoms with Crippen molar-refractivity contribution in [1.82, 2.24) is 9.97 Å². The second-order valence-electron chi connectivity index (χ2n) is 7.20. The molecule has 3 rings (SSSR count). The van der Waals surface area contributed by atoms with Gasteiger partial charge in [0.05, 0.1) is 6.61 Å². The maximum Gasteiger partial charge on any atom is 0.227 e. The molecule has 26 heavy (non-hydrogen) atoms. The molecule has 2 heterocycles. The van der Waals surface area contributed by atoms with E-state index in [-0.39, 0.29) is 6.61 Å². The van der Waals surface area contributed by atoms with Gasteiger partial charge >= 0.3 is 0 Å². The zero-order valence-electron chi connectivity index (χ0n) is 15.1. The van der Waals surface area contributed by atoms with Crippen molar-refractivity contribution in [1.29, 1.82) is 0 Å². The van der Waals surface area contributed by atoms with Gasteiger partial charge in [-0.1, -0.05) is 6.07 Å². The van der Waals surface area contributed by atoms with Gasteiger partial charge in [-0.2, -0.15) is 4.98 Å². The molecule has 0 radical (unpaired) electrons. The molecule has 0 unspecified atom stereocenters. The maximum atomic E-state index is 14.1. The summed E-state index contributed by atoms with van der Waals surface area (Å²) in [7, 11) is 3.83. The topological polar surface area (TPSA) is 52.5 Å². The monoisotopic (exact) mass is 362 g/mol. The molecule has 0 bridgehead atoms. The van der Waals surface area contributed by atoms with E-state index >= 15 is 0 Å². The van der Waals surface area contributed by atoms with Gasteiger partial charge in [0.2, 0.25) is 5.95 Å².